The smallest absolute Gasteiger partial charge is 0.272 e. The topological polar surface area (TPSA) is 153 Å². The largest absolute Gasteiger partial charge is 0.357 e. The Bertz CT molecular complexity index is 1540. The summed E-state index contributed by atoms with van der Waals surface area (Å²) in [7, 11) is -3.82. The van der Waals surface area contributed by atoms with Gasteiger partial charge in [0.2, 0.25) is 10.0 Å². The van der Waals surface area contributed by atoms with Gasteiger partial charge in [0.15, 0.2) is 5.82 Å². The third kappa shape index (κ3) is 4.36. The number of halogens is 1. The second kappa shape index (κ2) is 9.36. The van der Waals surface area contributed by atoms with Crippen molar-refractivity contribution in [2.75, 3.05) is 17.2 Å². The van der Waals surface area contributed by atoms with Crippen LogP contribution in [0.25, 0.3) is 0 Å². The quantitative estimate of drug-likeness (QED) is 0.313. The van der Waals surface area contributed by atoms with E-state index in [1.165, 1.54) is 47.0 Å². The van der Waals surface area contributed by atoms with Crippen molar-refractivity contribution in [3.63, 3.8) is 0 Å². The Labute approximate surface area is 204 Å². The zero-order valence-electron chi connectivity index (χ0n) is 18.7. The van der Waals surface area contributed by atoms with Crippen LogP contribution < -0.4 is 10.6 Å². The van der Waals surface area contributed by atoms with Gasteiger partial charge in [-0.2, -0.15) is 9.40 Å². The predicted molar refractivity (Wildman–Crippen MR) is 127 cm³/mol. The first-order chi connectivity index (χ1) is 17.3. The summed E-state index contributed by atoms with van der Waals surface area (Å²) in [4.78, 5) is 32.2. The first-order valence-electron chi connectivity index (χ1n) is 10.9. The van der Waals surface area contributed by atoms with Crippen molar-refractivity contribution in [3.8, 4) is 0 Å². The van der Waals surface area contributed by atoms with Crippen LogP contribution in [0.1, 0.15) is 32.1 Å². The summed E-state index contributed by atoms with van der Waals surface area (Å²) in [5.41, 5.74) is 0.955. The van der Waals surface area contributed by atoms with Gasteiger partial charge in [-0.15, -0.1) is 0 Å². The highest BCUT2D eigenvalue weighted by Crippen LogP contribution is 2.29. The molecule has 5 rings (SSSR count). The van der Waals surface area contributed by atoms with Gasteiger partial charge in [0.25, 0.3) is 11.8 Å². The summed E-state index contributed by atoms with van der Waals surface area (Å²) in [5, 5.41) is 12.0. The Morgan fingerprint density at radius 2 is 1.92 bits per heavy atom. The van der Waals surface area contributed by atoms with Crippen molar-refractivity contribution in [2.45, 2.75) is 17.9 Å². The number of H-pyrrole nitrogens is 2. The van der Waals surface area contributed by atoms with Gasteiger partial charge in [-0.1, -0.05) is 6.07 Å². The van der Waals surface area contributed by atoms with Crippen molar-refractivity contribution in [2.24, 2.45) is 0 Å². The van der Waals surface area contributed by atoms with Gasteiger partial charge in [-0.3, -0.25) is 19.7 Å². The number of benzene rings is 1. The van der Waals surface area contributed by atoms with Crippen molar-refractivity contribution in [1.82, 2.24) is 24.5 Å². The molecule has 0 saturated heterocycles. The molecule has 3 aromatic heterocycles. The highest BCUT2D eigenvalue weighted by atomic mass is 32.2. The minimum atomic E-state index is -3.82. The second-order valence-electron chi connectivity index (χ2n) is 7.96. The van der Waals surface area contributed by atoms with E-state index in [1.54, 1.807) is 12.3 Å². The molecule has 0 bridgehead atoms. The molecule has 4 N–H and O–H groups in total. The van der Waals surface area contributed by atoms with E-state index in [0.29, 0.717) is 17.7 Å². The first kappa shape index (κ1) is 23.4. The number of aromatic amines is 2. The molecule has 0 spiro atoms. The number of carbonyl (C=O) groups is 2. The number of carbonyl (C=O) groups excluding carboxylic acids is 2. The molecule has 0 radical (unpaired) electrons. The van der Waals surface area contributed by atoms with E-state index in [4.69, 9.17) is 0 Å². The molecule has 0 atom stereocenters. The van der Waals surface area contributed by atoms with E-state index in [9.17, 15) is 22.4 Å². The molecule has 11 nitrogen and oxygen atoms in total. The Balaban J connectivity index is 1.39. The number of hydrogen-bond acceptors (Lipinski definition) is 6. The lowest BCUT2D eigenvalue weighted by molar-refractivity contribution is 0.102. The van der Waals surface area contributed by atoms with E-state index in [-0.39, 0.29) is 40.7 Å². The number of pyridine rings is 1. The van der Waals surface area contributed by atoms with Crippen molar-refractivity contribution in [3.05, 3.63) is 89.4 Å². The van der Waals surface area contributed by atoms with Gasteiger partial charge in [-0.05, 0) is 36.4 Å². The average molecular weight is 510 g/mol. The fourth-order valence-corrected chi connectivity index (χ4v) is 5.29. The predicted octanol–water partition coefficient (Wildman–Crippen LogP) is 2.52. The van der Waals surface area contributed by atoms with E-state index in [1.807, 2.05) is 0 Å². The lowest BCUT2D eigenvalue weighted by Crippen LogP contribution is -2.36. The number of sulfonamides is 1. The highest BCUT2D eigenvalue weighted by molar-refractivity contribution is 7.89. The van der Waals surface area contributed by atoms with E-state index < -0.39 is 27.7 Å². The van der Waals surface area contributed by atoms with E-state index in [0.717, 1.165) is 6.07 Å². The minimum absolute atomic E-state index is 0.0303. The normalized spacial score (nSPS) is 13.7. The van der Waals surface area contributed by atoms with Crippen LogP contribution in [0.15, 0.2) is 66.0 Å². The molecule has 4 aromatic rings. The molecule has 4 heterocycles. The zero-order valence-corrected chi connectivity index (χ0v) is 19.5. The van der Waals surface area contributed by atoms with Gasteiger partial charge in [0, 0.05) is 49.4 Å². The van der Waals surface area contributed by atoms with Crippen molar-refractivity contribution in [1.29, 1.82) is 0 Å². The number of fused-ring (bicyclic) bond motifs is 1. The Morgan fingerprint density at radius 1 is 1.06 bits per heavy atom. The van der Waals surface area contributed by atoms with Crippen LogP contribution >= 0.6 is 0 Å². The summed E-state index contributed by atoms with van der Waals surface area (Å²) in [6.45, 7) is 0.161. The third-order valence-corrected chi connectivity index (χ3v) is 7.56. The Hall–Kier alpha value is -4.36. The highest BCUT2D eigenvalue weighted by Gasteiger charge is 2.32. The number of hydrogen-bond donors (Lipinski definition) is 4. The average Bonchev–Trinajstić information content (AvgIpc) is 3.55. The molecule has 1 aliphatic heterocycles. The van der Waals surface area contributed by atoms with Crippen LogP contribution in [0, 0.1) is 5.82 Å². The molecule has 1 aliphatic rings. The number of aromatic nitrogens is 4. The molecule has 184 valence electrons. The summed E-state index contributed by atoms with van der Waals surface area (Å²) in [5.74, 6) is -2.17. The van der Waals surface area contributed by atoms with Crippen molar-refractivity contribution >= 4 is 33.3 Å². The molecule has 0 saturated carbocycles. The van der Waals surface area contributed by atoms with E-state index in [2.05, 4.69) is 30.8 Å². The molecule has 36 heavy (non-hydrogen) atoms. The van der Waals surface area contributed by atoms with Gasteiger partial charge < -0.3 is 15.6 Å². The SMILES string of the molecule is O=C(Nc1cccc(F)c1C(=O)Nc1n[nH]c2c1CN(S(=O)(=O)c1cccnc1)CC2)c1ccc[nH]1. The third-order valence-electron chi connectivity index (χ3n) is 5.73. The molecule has 1 aromatic carbocycles. The maximum Gasteiger partial charge on any atom is 0.272 e. The maximum absolute atomic E-state index is 14.7. The molecule has 0 unspecified atom stereocenters. The summed E-state index contributed by atoms with van der Waals surface area (Å²) in [6.07, 6.45) is 4.65. The Kier molecular flexibility index (Phi) is 6.08. The number of amides is 2. The lowest BCUT2D eigenvalue weighted by atomic mass is 10.1. The van der Waals surface area contributed by atoms with Gasteiger partial charge in [0.05, 0.1) is 11.3 Å². The molecular weight excluding hydrogens is 489 g/mol. The molecule has 2 amide bonds. The summed E-state index contributed by atoms with van der Waals surface area (Å²) >= 11 is 0. The van der Waals surface area contributed by atoms with Gasteiger partial charge in [0.1, 0.15) is 16.4 Å². The fourth-order valence-electron chi connectivity index (χ4n) is 3.92. The fraction of sp³-hybridized carbons (Fsp3) is 0.130. The van der Waals surface area contributed by atoms with Crippen LogP contribution in [0.5, 0.6) is 0 Å². The van der Waals surface area contributed by atoms with E-state index >= 15 is 0 Å². The summed E-state index contributed by atoms with van der Waals surface area (Å²) in [6, 6.07) is 10.0. The first-order valence-corrected chi connectivity index (χ1v) is 12.3. The number of nitrogens with one attached hydrogen (secondary N) is 4. The molecular formula is C23H20FN7O4S. The molecule has 13 heteroatoms. The van der Waals surface area contributed by atoms with Gasteiger partial charge >= 0.3 is 0 Å². The lowest BCUT2D eigenvalue weighted by Gasteiger charge is -2.26. The van der Waals surface area contributed by atoms with Crippen molar-refractivity contribution < 1.29 is 22.4 Å². The maximum atomic E-state index is 14.7. The second-order valence-corrected chi connectivity index (χ2v) is 9.90. The van der Waals surface area contributed by atoms with Gasteiger partial charge in [-0.25, -0.2) is 12.8 Å². The van der Waals surface area contributed by atoms with Crippen LogP contribution in [0.2, 0.25) is 0 Å². The van der Waals surface area contributed by atoms with Crippen LogP contribution in [-0.4, -0.2) is 51.2 Å². The molecule has 0 fully saturated rings. The Morgan fingerprint density at radius 3 is 2.67 bits per heavy atom. The molecule has 0 aliphatic carbocycles. The summed E-state index contributed by atoms with van der Waals surface area (Å²) < 4.78 is 42.1. The van der Waals surface area contributed by atoms with Crippen LogP contribution in [0.3, 0.4) is 0 Å². The minimum Gasteiger partial charge on any atom is -0.357 e. The number of nitrogens with zero attached hydrogens (tertiary/aromatic N) is 3. The number of rotatable bonds is 6. The monoisotopic (exact) mass is 509 g/mol. The standard InChI is InChI=1S/C23H20FN7O4S/c24-16-5-1-6-18(27-22(32)19-7-3-10-26-19)20(16)23(33)28-21-15-13-31(11-8-17(15)29-30-21)36(34,35)14-4-2-9-25-12-14/h1-7,9-10,12,26H,8,11,13H2,(H,27,32)(H2,28,29,30,33). The zero-order chi connectivity index (χ0) is 25.3. The number of anilines is 2. The van der Waals surface area contributed by atoms with Crippen LogP contribution in [0.4, 0.5) is 15.9 Å². The van der Waals surface area contributed by atoms with Crippen LogP contribution in [-0.2, 0) is 23.0 Å².